The molecule has 0 saturated carbocycles. The summed E-state index contributed by atoms with van der Waals surface area (Å²) in [5.41, 5.74) is 1.31. The molecular weight excluding hydrogens is 251 g/mol. The second kappa shape index (κ2) is 7.69. The van der Waals surface area contributed by atoms with Crippen molar-refractivity contribution < 1.29 is 16.8 Å². The molecule has 1 fully saturated rings. The van der Waals surface area contributed by atoms with Gasteiger partial charge in [-0.1, -0.05) is 37.1 Å². The van der Waals surface area contributed by atoms with Crippen molar-refractivity contribution in [3.63, 3.8) is 0 Å². The molecule has 1 aliphatic rings. The zero-order chi connectivity index (χ0) is 9.97. The third-order valence-electron chi connectivity index (χ3n) is 3.19. The first-order valence-electron chi connectivity index (χ1n) is 5.34. The van der Waals surface area contributed by atoms with Crippen molar-refractivity contribution in [3.8, 4) is 0 Å². The minimum atomic E-state index is -0.591. The van der Waals surface area contributed by atoms with E-state index < -0.39 is 8.80 Å². The van der Waals surface area contributed by atoms with Crippen molar-refractivity contribution in [1.82, 2.24) is 0 Å². The van der Waals surface area contributed by atoms with E-state index >= 15 is 0 Å². The van der Waals surface area contributed by atoms with Gasteiger partial charge in [0, 0.05) is 0 Å². The summed E-state index contributed by atoms with van der Waals surface area (Å²) in [6.45, 7) is 4.22. The Morgan fingerprint density at radius 3 is 2.12 bits per heavy atom. The number of benzene rings is 1. The fourth-order valence-corrected chi connectivity index (χ4v) is 4.27. The van der Waals surface area contributed by atoms with E-state index in [2.05, 4.69) is 6.55 Å². The van der Waals surface area contributed by atoms with E-state index in [1.165, 1.54) is 30.5 Å². The Bertz CT molecular complexity index is 296. The molecule has 0 aromatic heterocycles. The Labute approximate surface area is 121 Å². The first-order valence-corrected chi connectivity index (χ1v) is 7.79. The van der Waals surface area contributed by atoms with Gasteiger partial charge in [-0.25, -0.2) is 4.39 Å². The largest absolute Gasteiger partial charge is 2.00 e. The third-order valence-corrected chi connectivity index (χ3v) is 5.49. The number of hydrogen-bond donors (Lipinski definition) is 0. The molecule has 84 valence electrons. The van der Waals surface area contributed by atoms with Crippen molar-refractivity contribution >= 4 is 31.8 Å². The maximum absolute atomic E-state index is 12.7. The molecule has 16 heavy (non-hydrogen) atoms. The van der Waals surface area contributed by atoms with Gasteiger partial charge < -0.3 is 19.0 Å². The molecule has 1 aromatic rings. The smallest absolute Gasteiger partial charge is 1.00 e. The summed E-state index contributed by atoms with van der Waals surface area (Å²) in [5, 5.41) is 0. The first kappa shape index (κ1) is 16.4. The van der Waals surface area contributed by atoms with Gasteiger partial charge in [-0.2, -0.15) is 0 Å². The number of rotatable bonds is 1. The quantitative estimate of drug-likeness (QED) is 0.493. The summed E-state index contributed by atoms with van der Waals surface area (Å²) in [4.78, 5) is 0. The monoisotopic (exact) mass is 266 g/mol. The van der Waals surface area contributed by atoms with Crippen LogP contribution in [0.25, 0.3) is 0 Å². The summed E-state index contributed by atoms with van der Waals surface area (Å²) >= 11 is 0. The predicted molar refractivity (Wildman–Crippen MR) is 66.2 cm³/mol. The van der Waals surface area contributed by atoms with Gasteiger partial charge in [-0.15, -0.1) is 8.80 Å². The molecule has 0 aliphatic carbocycles. The Balaban J connectivity index is 0.00000112. The van der Waals surface area contributed by atoms with E-state index in [0.29, 0.717) is 5.92 Å². The molecule has 0 nitrogen and oxygen atoms in total. The summed E-state index contributed by atoms with van der Waals surface area (Å²) < 4.78 is 12.7. The molecule has 1 heterocycles. The van der Waals surface area contributed by atoms with E-state index in [0.717, 1.165) is 0 Å². The van der Waals surface area contributed by atoms with E-state index in [-0.39, 0.29) is 41.3 Å². The minimum Gasteiger partial charge on any atom is -1.00 e. The molecule has 1 aliphatic heterocycles. The van der Waals surface area contributed by atoms with E-state index in [1.54, 1.807) is 12.1 Å². The van der Waals surface area contributed by atoms with Crippen LogP contribution in [-0.4, -0.2) is 31.8 Å². The normalized spacial score (nSPS) is 24.1. The van der Waals surface area contributed by atoms with Crippen LogP contribution < -0.4 is 12.4 Å². The van der Waals surface area contributed by atoms with Gasteiger partial charge >= 0.3 is 23.1 Å². The van der Waals surface area contributed by atoms with Crippen molar-refractivity contribution in [3.05, 3.63) is 42.2 Å². The molecule has 0 amide bonds. The second-order valence-corrected chi connectivity index (χ2v) is 7.16. The van der Waals surface area contributed by atoms with E-state index in [1.807, 2.05) is 12.1 Å². The zero-order valence-corrected chi connectivity index (χ0v) is 12.8. The molecule has 0 bridgehead atoms. The zero-order valence-electron chi connectivity index (χ0n) is 9.46. The average molecular weight is 267 g/mol. The van der Waals surface area contributed by atoms with Crippen LogP contribution in [0.5, 0.6) is 0 Å². The van der Waals surface area contributed by atoms with Gasteiger partial charge in [0.15, 0.2) is 0 Å². The van der Waals surface area contributed by atoms with Crippen molar-refractivity contribution in [2.75, 3.05) is 0 Å². The standard InChI is InChI=1S/C12H16FSi.ClH.Mg/c1-14-8-6-11(7-9-14)10-2-4-12(13)5-3-10;;/h2-5,11,14H,1,6-9H2;1H;/q-1;;+2/p-1. The van der Waals surface area contributed by atoms with Gasteiger partial charge in [0.05, 0.1) is 0 Å². The SMILES string of the molecule is [CH2-][SiH]1CCC(c2ccc(F)cc2)CC1.[Cl-].[Mg+2]. The van der Waals surface area contributed by atoms with Crippen molar-refractivity contribution in [1.29, 1.82) is 0 Å². The maximum Gasteiger partial charge on any atom is 2.00 e. The molecule has 0 N–H and O–H groups in total. The van der Waals surface area contributed by atoms with Crippen LogP contribution in [0.3, 0.4) is 0 Å². The van der Waals surface area contributed by atoms with Gasteiger partial charge in [0.25, 0.3) is 0 Å². The van der Waals surface area contributed by atoms with E-state index in [4.69, 9.17) is 0 Å². The summed E-state index contributed by atoms with van der Waals surface area (Å²) in [6, 6.07) is 9.71. The molecule has 1 saturated heterocycles. The number of halogens is 2. The molecule has 0 atom stereocenters. The van der Waals surface area contributed by atoms with E-state index in [9.17, 15) is 4.39 Å². The molecule has 0 radical (unpaired) electrons. The first-order chi connectivity index (χ1) is 6.75. The Hall–Kier alpha value is 0.423. The van der Waals surface area contributed by atoms with Crippen LogP contribution in [0, 0.1) is 12.4 Å². The van der Waals surface area contributed by atoms with Crippen LogP contribution >= 0.6 is 0 Å². The molecule has 1 aromatic carbocycles. The topological polar surface area (TPSA) is 0 Å². The predicted octanol–water partition coefficient (Wildman–Crippen LogP) is -0.0733. The Morgan fingerprint density at radius 1 is 1.12 bits per heavy atom. The maximum atomic E-state index is 12.7. The minimum absolute atomic E-state index is 0. The third kappa shape index (κ3) is 4.36. The summed E-state index contributed by atoms with van der Waals surface area (Å²) in [5.74, 6) is 0.537. The molecule has 4 heteroatoms. The molecule has 0 unspecified atom stereocenters. The van der Waals surface area contributed by atoms with Gasteiger partial charge in [0.1, 0.15) is 5.82 Å². The van der Waals surface area contributed by atoms with Gasteiger partial charge in [-0.3, -0.25) is 0 Å². The Morgan fingerprint density at radius 2 is 1.62 bits per heavy atom. The second-order valence-electron chi connectivity index (χ2n) is 4.27. The Kier molecular flexibility index (Phi) is 7.90. The van der Waals surface area contributed by atoms with Gasteiger partial charge in [0.2, 0.25) is 0 Å². The summed E-state index contributed by atoms with van der Waals surface area (Å²) in [7, 11) is -0.591. The summed E-state index contributed by atoms with van der Waals surface area (Å²) in [6.07, 6.45) is 2.54. The molecule has 2 rings (SSSR count). The van der Waals surface area contributed by atoms with Crippen LogP contribution in [0.4, 0.5) is 4.39 Å². The van der Waals surface area contributed by atoms with Crippen LogP contribution in [0.1, 0.15) is 24.3 Å². The fourth-order valence-electron chi connectivity index (χ4n) is 2.23. The van der Waals surface area contributed by atoms with Crippen LogP contribution in [0.2, 0.25) is 12.1 Å². The fraction of sp³-hybridized carbons (Fsp3) is 0.417. The van der Waals surface area contributed by atoms with Crippen LogP contribution in [-0.2, 0) is 0 Å². The van der Waals surface area contributed by atoms with Gasteiger partial charge in [-0.05, 0) is 23.6 Å². The molecular formula is C12H16ClFMgSi. The van der Waals surface area contributed by atoms with Crippen LogP contribution in [0.15, 0.2) is 24.3 Å². The van der Waals surface area contributed by atoms with Crippen molar-refractivity contribution in [2.45, 2.75) is 30.8 Å². The van der Waals surface area contributed by atoms with Crippen molar-refractivity contribution in [2.24, 2.45) is 0 Å². The molecule has 0 spiro atoms. The average Bonchev–Trinajstić information content (AvgIpc) is 2.21. The number of hydrogen-bond acceptors (Lipinski definition) is 0.